The zero-order valence-corrected chi connectivity index (χ0v) is 22.0. The summed E-state index contributed by atoms with van der Waals surface area (Å²) in [6.45, 7) is 6.35. The fourth-order valence-electron chi connectivity index (χ4n) is 3.39. The summed E-state index contributed by atoms with van der Waals surface area (Å²) in [5.41, 5.74) is 0.778. The van der Waals surface area contributed by atoms with Gasteiger partial charge in [-0.05, 0) is 42.8 Å². The van der Waals surface area contributed by atoms with Crippen molar-refractivity contribution < 1.29 is 24.3 Å². The third-order valence-electron chi connectivity index (χ3n) is 5.29. The molecule has 0 saturated heterocycles. The maximum atomic E-state index is 13.1. The second-order valence-corrected chi connectivity index (χ2v) is 9.85. The van der Waals surface area contributed by atoms with E-state index in [1.54, 1.807) is 36.0 Å². The number of nitrogens with one attached hydrogen (secondary N) is 4. The normalized spacial score (nSPS) is 13.4. The number of amides is 4. The molecule has 196 valence electrons. The number of benzene rings is 1. The summed E-state index contributed by atoms with van der Waals surface area (Å²) < 4.78 is 0. The number of carboxylic acids is 1. The topological polar surface area (TPSA) is 137 Å². The van der Waals surface area contributed by atoms with Crippen molar-refractivity contribution in [1.82, 2.24) is 21.3 Å². The van der Waals surface area contributed by atoms with E-state index in [0.717, 1.165) is 18.4 Å². The van der Waals surface area contributed by atoms with Gasteiger partial charge in [-0.25, -0.2) is 9.59 Å². The van der Waals surface area contributed by atoms with Gasteiger partial charge in [0.2, 0.25) is 11.8 Å². The highest BCUT2D eigenvalue weighted by molar-refractivity contribution is 7.98. The summed E-state index contributed by atoms with van der Waals surface area (Å²) in [4.78, 5) is 50.2. The van der Waals surface area contributed by atoms with Gasteiger partial charge in [0.25, 0.3) is 0 Å². The van der Waals surface area contributed by atoms with Crippen LogP contribution in [0.15, 0.2) is 30.3 Å². The number of aliphatic carboxylic acids is 1. The van der Waals surface area contributed by atoms with E-state index in [4.69, 9.17) is 0 Å². The van der Waals surface area contributed by atoms with E-state index >= 15 is 0 Å². The van der Waals surface area contributed by atoms with Gasteiger partial charge in [-0.2, -0.15) is 11.8 Å². The highest BCUT2D eigenvalue weighted by Gasteiger charge is 2.30. The maximum Gasteiger partial charge on any atom is 0.326 e. The van der Waals surface area contributed by atoms with Crippen LogP contribution in [0.1, 0.15) is 52.0 Å². The Kier molecular flexibility index (Phi) is 14.5. The van der Waals surface area contributed by atoms with Crippen molar-refractivity contribution in [2.75, 3.05) is 18.6 Å². The van der Waals surface area contributed by atoms with Gasteiger partial charge in [0, 0.05) is 13.0 Å². The second kappa shape index (κ2) is 16.8. The van der Waals surface area contributed by atoms with Gasteiger partial charge < -0.3 is 26.4 Å². The molecule has 5 N–H and O–H groups in total. The quantitative estimate of drug-likeness (QED) is 0.218. The minimum atomic E-state index is -1.15. The number of thioether (sulfide) groups is 1. The molecular formula is C25H40N4O5S. The van der Waals surface area contributed by atoms with Gasteiger partial charge in [0.1, 0.15) is 18.1 Å². The molecule has 3 atom stereocenters. The molecule has 0 aliphatic rings. The number of unbranched alkanes of at least 4 members (excludes halogenated alkanes) is 1. The van der Waals surface area contributed by atoms with Crippen LogP contribution in [-0.2, 0) is 20.8 Å². The Morgan fingerprint density at radius 1 is 0.943 bits per heavy atom. The van der Waals surface area contributed by atoms with Crippen molar-refractivity contribution in [3.63, 3.8) is 0 Å². The van der Waals surface area contributed by atoms with E-state index in [-0.39, 0.29) is 12.3 Å². The molecule has 0 aliphatic heterocycles. The molecule has 0 radical (unpaired) electrons. The maximum absolute atomic E-state index is 13.1. The minimum absolute atomic E-state index is 0.0680. The van der Waals surface area contributed by atoms with Crippen LogP contribution in [0.5, 0.6) is 0 Å². The molecule has 0 saturated carbocycles. The number of rotatable bonds is 16. The summed E-state index contributed by atoms with van der Waals surface area (Å²) in [7, 11) is 0. The Labute approximate surface area is 212 Å². The molecule has 10 heteroatoms. The molecule has 0 unspecified atom stereocenters. The predicted molar refractivity (Wildman–Crippen MR) is 139 cm³/mol. The number of hydrogen-bond acceptors (Lipinski definition) is 5. The van der Waals surface area contributed by atoms with E-state index in [2.05, 4.69) is 21.3 Å². The van der Waals surface area contributed by atoms with Crippen molar-refractivity contribution in [2.45, 2.75) is 71.0 Å². The number of hydrogen-bond donors (Lipinski definition) is 5. The molecule has 1 rings (SSSR count). The first-order valence-electron chi connectivity index (χ1n) is 12.1. The molecule has 1 aromatic rings. The van der Waals surface area contributed by atoms with E-state index in [1.165, 1.54) is 0 Å². The Balaban J connectivity index is 2.90. The smallest absolute Gasteiger partial charge is 0.326 e. The first-order valence-corrected chi connectivity index (χ1v) is 13.5. The average Bonchev–Trinajstić information content (AvgIpc) is 2.81. The zero-order chi connectivity index (χ0) is 26.2. The predicted octanol–water partition coefficient (Wildman–Crippen LogP) is 2.55. The fraction of sp³-hybridized carbons (Fsp3) is 0.600. The zero-order valence-electron chi connectivity index (χ0n) is 21.1. The third kappa shape index (κ3) is 12.5. The average molecular weight is 509 g/mol. The highest BCUT2D eigenvalue weighted by atomic mass is 32.2. The summed E-state index contributed by atoms with van der Waals surface area (Å²) in [5.74, 6) is -1.47. The largest absolute Gasteiger partial charge is 0.480 e. The van der Waals surface area contributed by atoms with Crippen LogP contribution in [0.2, 0.25) is 0 Å². The third-order valence-corrected chi connectivity index (χ3v) is 5.93. The highest BCUT2D eigenvalue weighted by Crippen LogP contribution is 2.09. The summed E-state index contributed by atoms with van der Waals surface area (Å²) in [5, 5.41) is 20.4. The summed E-state index contributed by atoms with van der Waals surface area (Å²) in [6.07, 6.45) is 4.52. The first kappa shape index (κ1) is 30.3. The monoisotopic (exact) mass is 508 g/mol. The van der Waals surface area contributed by atoms with E-state index in [9.17, 15) is 24.3 Å². The van der Waals surface area contributed by atoms with Crippen LogP contribution < -0.4 is 21.3 Å². The van der Waals surface area contributed by atoms with Crippen molar-refractivity contribution in [2.24, 2.45) is 5.92 Å². The molecule has 0 fully saturated rings. The standard InChI is InChI=1S/C25H40N4O5S/c1-5-6-13-26-25(34)29-19(12-14-35-4)22(30)27-20(15-17(2)3)23(31)28-21(24(32)33)16-18-10-8-7-9-11-18/h7-11,17,19-21H,5-6,12-16H2,1-4H3,(H,27,30)(H,28,31)(H,32,33)(H2,26,29,34)/t19-,20-,21-/m0/s1. The van der Waals surface area contributed by atoms with Crippen LogP contribution in [0.25, 0.3) is 0 Å². The van der Waals surface area contributed by atoms with E-state index in [0.29, 0.717) is 25.1 Å². The van der Waals surface area contributed by atoms with Gasteiger partial charge in [-0.3, -0.25) is 9.59 Å². The Morgan fingerprint density at radius 3 is 2.14 bits per heavy atom. The van der Waals surface area contributed by atoms with E-state index in [1.807, 2.05) is 33.1 Å². The summed E-state index contributed by atoms with van der Waals surface area (Å²) in [6, 6.07) is 5.72. The van der Waals surface area contributed by atoms with Crippen LogP contribution in [0.4, 0.5) is 4.79 Å². The lowest BCUT2D eigenvalue weighted by Crippen LogP contribution is -2.57. The molecule has 0 spiro atoms. The van der Waals surface area contributed by atoms with Crippen LogP contribution in [0.3, 0.4) is 0 Å². The van der Waals surface area contributed by atoms with Crippen molar-refractivity contribution in [1.29, 1.82) is 0 Å². The summed E-state index contributed by atoms with van der Waals surface area (Å²) >= 11 is 1.55. The van der Waals surface area contributed by atoms with Gasteiger partial charge in [-0.15, -0.1) is 0 Å². The Hall–Kier alpha value is -2.75. The molecule has 0 heterocycles. The lowest BCUT2D eigenvalue weighted by molar-refractivity contribution is -0.142. The Bertz CT molecular complexity index is 806. The lowest BCUT2D eigenvalue weighted by atomic mass is 10.0. The van der Waals surface area contributed by atoms with Gasteiger partial charge in [-0.1, -0.05) is 57.5 Å². The number of carbonyl (C=O) groups excluding carboxylic acids is 3. The molecule has 35 heavy (non-hydrogen) atoms. The van der Waals surface area contributed by atoms with Gasteiger partial charge in [0.15, 0.2) is 0 Å². The van der Waals surface area contributed by atoms with Crippen molar-refractivity contribution in [3.8, 4) is 0 Å². The molecule has 9 nitrogen and oxygen atoms in total. The molecule has 0 aromatic heterocycles. The van der Waals surface area contributed by atoms with Crippen molar-refractivity contribution >= 4 is 35.6 Å². The van der Waals surface area contributed by atoms with Crippen molar-refractivity contribution in [3.05, 3.63) is 35.9 Å². The molecule has 1 aromatic carbocycles. The second-order valence-electron chi connectivity index (χ2n) is 8.87. The number of carboxylic acid groups (broad SMARTS) is 1. The lowest BCUT2D eigenvalue weighted by Gasteiger charge is -2.25. The van der Waals surface area contributed by atoms with Crippen LogP contribution in [0, 0.1) is 5.92 Å². The van der Waals surface area contributed by atoms with E-state index < -0.39 is 41.9 Å². The van der Waals surface area contributed by atoms with Gasteiger partial charge in [0.05, 0.1) is 0 Å². The first-order chi connectivity index (χ1) is 16.7. The van der Waals surface area contributed by atoms with Crippen LogP contribution in [-0.4, -0.2) is 65.6 Å². The van der Waals surface area contributed by atoms with Gasteiger partial charge >= 0.3 is 12.0 Å². The number of carbonyl (C=O) groups is 4. The fourth-order valence-corrected chi connectivity index (χ4v) is 3.86. The molecule has 0 aliphatic carbocycles. The molecule has 4 amide bonds. The minimum Gasteiger partial charge on any atom is -0.480 e. The van der Waals surface area contributed by atoms with Crippen LogP contribution >= 0.6 is 11.8 Å². The SMILES string of the molecule is CCCCNC(=O)N[C@@H](CCSC)C(=O)N[C@@H](CC(C)C)C(=O)N[C@@H](Cc1ccccc1)C(=O)O. The Morgan fingerprint density at radius 2 is 1.57 bits per heavy atom. The molecular weight excluding hydrogens is 468 g/mol. The molecule has 0 bridgehead atoms. The number of urea groups is 1.